The number of nitrogen functional groups attached to an aromatic ring is 1. The molecular formula is C12H14N8S. The van der Waals surface area contributed by atoms with Gasteiger partial charge < -0.3 is 5.32 Å². The van der Waals surface area contributed by atoms with Gasteiger partial charge in [-0.25, -0.2) is 10.8 Å². The summed E-state index contributed by atoms with van der Waals surface area (Å²) in [6.45, 7) is 2.04. The summed E-state index contributed by atoms with van der Waals surface area (Å²) in [5.41, 5.74) is 3.62. The first-order valence-corrected chi connectivity index (χ1v) is 7.20. The van der Waals surface area contributed by atoms with Crippen LogP contribution in [0, 0.1) is 0 Å². The Morgan fingerprint density at radius 3 is 2.81 bits per heavy atom. The van der Waals surface area contributed by atoms with E-state index < -0.39 is 0 Å². The summed E-state index contributed by atoms with van der Waals surface area (Å²) in [6, 6.07) is 2.14. The van der Waals surface area contributed by atoms with Gasteiger partial charge in [0.25, 0.3) is 0 Å². The van der Waals surface area contributed by atoms with Crippen molar-refractivity contribution in [1.29, 1.82) is 0 Å². The molecule has 0 spiro atoms. The normalized spacial score (nSPS) is 12.1. The summed E-state index contributed by atoms with van der Waals surface area (Å²) in [5, 5.41) is 7.35. The Kier molecular flexibility index (Phi) is 3.75. The van der Waals surface area contributed by atoms with E-state index in [-0.39, 0.29) is 12.0 Å². The first kappa shape index (κ1) is 13.5. The SMILES string of the molecule is CC(Nc1nc(NN)nc(-n2ccnc2)n1)c1ccsc1. The molecule has 8 nitrogen and oxygen atoms in total. The minimum Gasteiger partial charge on any atom is -0.347 e. The first-order valence-electron chi connectivity index (χ1n) is 6.26. The highest BCUT2D eigenvalue weighted by molar-refractivity contribution is 7.07. The molecule has 3 heterocycles. The van der Waals surface area contributed by atoms with Gasteiger partial charge in [0.1, 0.15) is 6.33 Å². The minimum atomic E-state index is 0.0833. The summed E-state index contributed by atoms with van der Waals surface area (Å²) in [4.78, 5) is 16.8. The predicted molar refractivity (Wildman–Crippen MR) is 81.1 cm³/mol. The highest BCUT2D eigenvalue weighted by atomic mass is 32.1. The van der Waals surface area contributed by atoms with Crippen LogP contribution in [0.15, 0.2) is 35.5 Å². The van der Waals surface area contributed by atoms with Crippen LogP contribution in [0.25, 0.3) is 5.95 Å². The molecule has 3 rings (SSSR count). The predicted octanol–water partition coefficient (Wildman–Crippen LogP) is 1.58. The number of nitrogens with zero attached hydrogens (tertiary/aromatic N) is 5. The van der Waals surface area contributed by atoms with Crippen LogP contribution in [0.1, 0.15) is 18.5 Å². The number of nitrogens with two attached hydrogens (primary N) is 1. The Labute approximate surface area is 125 Å². The van der Waals surface area contributed by atoms with Crippen LogP contribution < -0.4 is 16.6 Å². The van der Waals surface area contributed by atoms with Gasteiger partial charge in [0, 0.05) is 12.4 Å². The molecule has 3 aromatic rings. The van der Waals surface area contributed by atoms with Crippen molar-refractivity contribution in [3.63, 3.8) is 0 Å². The molecule has 9 heteroatoms. The fraction of sp³-hybridized carbons (Fsp3) is 0.167. The molecule has 0 aliphatic rings. The van der Waals surface area contributed by atoms with Gasteiger partial charge in [0.05, 0.1) is 6.04 Å². The largest absolute Gasteiger partial charge is 0.347 e. The Morgan fingerprint density at radius 2 is 2.14 bits per heavy atom. The van der Waals surface area contributed by atoms with E-state index in [4.69, 9.17) is 5.84 Å². The number of rotatable bonds is 5. The zero-order valence-corrected chi connectivity index (χ0v) is 12.1. The molecule has 0 radical (unpaired) electrons. The molecular weight excluding hydrogens is 288 g/mol. The standard InChI is InChI=1S/C12H14N8S/c1-8(9-2-5-21-6-9)15-10-16-11(19-13)18-12(17-10)20-4-3-14-7-20/h2-8H,13H2,1H3,(H2,15,16,17,18,19). The lowest BCUT2D eigenvalue weighted by atomic mass is 10.2. The Morgan fingerprint density at radius 1 is 1.29 bits per heavy atom. The monoisotopic (exact) mass is 302 g/mol. The Bertz CT molecular complexity index is 694. The van der Waals surface area contributed by atoms with Crippen molar-refractivity contribution < 1.29 is 0 Å². The van der Waals surface area contributed by atoms with E-state index in [1.807, 2.05) is 12.3 Å². The summed E-state index contributed by atoms with van der Waals surface area (Å²) in [6.07, 6.45) is 5.02. The van der Waals surface area contributed by atoms with Crippen molar-refractivity contribution in [3.8, 4) is 5.95 Å². The zero-order chi connectivity index (χ0) is 14.7. The van der Waals surface area contributed by atoms with E-state index in [1.54, 1.807) is 34.6 Å². The summed E-state index contributed by atoms with van der Waals surface area (Å²) in [7, 11) is 0. The molecule has 0 aromatic carbocycles. The second-order valence-electron chi connectivity index (χ2n) is 4.32. The Balaban J connectivity index is 1.89. The van der Waals surface area contributed by atoms with E-state index in [0.29, 0.717) is 11.9 Å². The molecule has 21 heavy (non-hydrogen) atoms. The quantitative estimate of drug-likeness (QED) is 0.485. The smallest absolute Gasteiger partial charge is 0.243 e. The lowest BCUT2D eigenvalue weighted by Crippen LogP contribution is -2.16. The van der Waals surface area contributed by atoms with Crippen LogP contribution in [-0.2, 0) is 0 Å². The van der Waals surface area contributed by atoms with Gasteiger partial charge in [-0.15, -0.1) is 0 Å². The number of imidazole rings is 1. The molecule has 0 bridgehead atoms. The maximum atomic E-state index is 5.41. The molecule has 0 saturated carbocycles. The fourth-order valence-corrected chi connectivity index (χ4v) is 2.54. The van der Waals surface area contributed by atoms with Crippen molar-refractivity contribution in [2.24, 2.45) is 5.84 Å². The van der Waals surface area contributed by atoms with E-state index >= 15 is 0 Å². The molecule has 3 aromatic heterocycles. The number of nitrogens with one attached hydrogen (secondary N) is 2. The van der Waals surface area contributed by atoms with Crippen molar-refractivity contribution in [2.45, 2.75) is 13.0 Å². The van der Waals surface area contributed by atoms with E-state index in [0.717, 1.165) is 0 Å². The lowest BCUT2D eigenvalue weighted by Gasteiger charge is -2.13. The van der Waals surface area contributed by atoms with Gasteiger partial charge in [0.2, 0.25) is 17.8 Å². The van der Waals surface area contributed by atoms with E-state index in [9.17, 15) is 0 Å². The average molecular weight is 302 g/mol. The van der Waals surface area contributed by atoms with Crippen LogP contribution in [0.2, 0.25) is 0 Å². The molecule has 0 fully saturated rings. The number of hydrazine groups is 1. The number of hydrogen-bond acceptors (Lipinski definition) is 8. The maximum absolute atomic E-state index is 5.41. The molecule has 4 N–H and O–H groups in total. The average Bonchev–Trinajstić information content (AvgIpc) is 3.19. The number of aromatic nitrogens is 5. The number of anilines is 2. The molecule has 0 aliphatic heterocycles. The second kappa shape index (κ2) is 5.85. The van der Waals surface area contributed by atoms with Crippen molar-refractivity contribution in [2.75, 3.05) is 10.7 Å². The highest BCUT2D eigenvalue weighted by Crippen LogP contribution is 2.20. The van der Waals surface area contributed by atoms with Crippen LogP contribution in [0.3, 0.4) is 0 Å². The molecule has 0 amide bonds. The van der Waals surface area contributed by atoms with Crippen LogP contribution in [0.4, 0.5) is 11.9 Å². The van der Waals surface area contributed by atoms with Crippen molar-refractivity contribution >= 4 is 23.2 Å². The van der Waals surface area contributed by atoms with Gasteiger partial charge in [-0.05, 0) is 29.3 Å². The number of thiophene rings is 1. The fourth-order valence-electron chi connectivity index (χ4n) is 1.79. The molecule has 0 aliphatic carbocycles. The molecule has 1 atom stereocenters. The van der Waals surface area contributed by atoms with E-state index in [1.165, 1.54) is 5.56 Å². The van der Waals surface area contributed by atoms with E-state index in [2.05, 4.69) is 42.1 Å². The Hall–Kier alpha value is -2.52. The maximum Gasteiger partial charge on any atom is 0.243 e. The minimum absolute atomic E-state index is 0.0833. The van der Waals surface area contributed by atoms with Gasteiger partial charge in [-0.3, -0.25) is 9.99 Å². The zero-order valence-electron chi connectivity index (χ0n) is 11.3. The number of hydrogen-bond donors (Lipinski definition) is 3. The van der Waals surface area contributed by atoms with Crippen LogP contribution >= 0.6 is 11.3 Å². The van der Waals surface area contributed by atoms with Gasteiger partial charge in [-0.2, -0.15) is 26.3 Å². The third-order valence-corrected chi connectivity index (χ3v) is 3.58. The second-order valence-corrected chi connectivity index (χ2v) is 5.10. The lowest BCUT2D eigenvalue weighted by molar-refractivity contribution is 0.836. The topological polar surface area (TPSA) is 107 Å². The summed E-state index contributed by atoms with van der Waals surface area (Å²) < 4.78 is 1.68. The molecule has 108 valence electrons. The summed E-state index contributed by atoms with van der Waals surface area (Å²) in [5.74, 6) is 6.58. The third kappa shape index (κ3) is 2.98. The van der Waals surface area contributed by atoms with Crippen LogP contribution in [-0.4, -0.2) is 24.5 Å². The van der Waals surface area contributed by atoms with Crippen molar-refractivity contribution in [3.05, 3.63) is 41.1 Å². The highest BCUT2D eigenvalue weighted by Gasteiger charge is 2.11. The van der Waals surface area contributed by atoms with Gasteiger partial charge in [0.15, 0.2) is 0 Å². The first-order chi connectivity index (χ1) is 10.3. The van der Waals surface area contributed by atoms with Crippen molar-refractivity contribution in [1.82, 2.24) is 24.5 Å². The van der Waals surface area contributed by atoms with Gasteiger partial charge in [-0.1, -0.05) is 0 Å². The molecule has 1 unspecified atom stereocenters. The molecule has 0 saturated heterocycles. The summed E-state index contributed by atoms with van der Waals surface area (Å²) >= 11 is 1.65. The van der Waals surface area contributed by atoms with Gasteiger partial charge >= 0.3 is 0 Å². The third-order valence-electron chi connectivity index (χ3n) is 2.88. The van der Waals surface area contributed by atoms with Crippen LogP contribution in [0.5, 0.6) is 0 Å².